The van der Waals surface area contributed by atoms with Crippen LogP contribution < -0.4 is 0 Å². The maximum absolute atomic E-state index is 10.6. The highest BCUT2D eigenvalue weighted by molar-refractivity contribution is 5.63. The van der Waals surface area contributed by atoms with Crippen molar-refractivity contribution in [1.82, 2.24) is 4.98 Å². The minimum absolute atomic E-state index is 0.121. The second kappa shape index (κ2) is 4.10. The van der Waals surface area contributed by atoms with Crippen LogP contribution in [0.5, 0.6) is 0 Å². The molecule has 80 valence electrons. The number of aryl methyl sites for hydroxylation is 1. The predicted octanol–water partition coefficient (Wildman–Crippen LogP) is 2.97. The van der Waals surface area contributed by atoms with Crippen LogP contribution in [0.25, 0.3) is 11.3 Å². The number of aromatic nitrogens is 1. The normalized spacial score (nSPS) is 10.1. The molecule has 0 N–H and O–H groups in total. The van der Waals surface area contributed by atoms with Crippen LogP contribution in [-0.2, 0) is 0 Å². The van der Waals surface area contributed by atoms with Crippen LogP contribution in [-0.4, -0.2) is 9.91 Å². The quantitative estimate of drug-likeness (QED) is 0.570. The molecule has 4 heteroatoms. The highest BCUT2D eigenvalue weighted by Crippen LogP contribution is 2.23. The molecular weight excluding hydrogens is 204 g/mol. The molecule has 0 fully saturated rings. The predicted molar refractivity (Wildman–Crippen MR) is 61.1 cm³/mol. The Balaban J connectivity index is 2.56. The molecule has 1 aromatic heterocycles. The first-order valence-electron chi connectivity index (χ1n) is 4.86. The summed E-state index contributed by atoms with van der Waals surface area (Å²) < 4.78 is 0. The summed E-state index contributed by atoms with van der Waals surface area (Å²) in [6.45, 7) is 1.89. The zero-order chi connectivity index (χ0) is 11.5. The molecule has 0 saturated heterocycles. The fourth-order valence-electron chi connectivity index (χ4n) is 1.51. The van der Waals surface area contributed by atoms with Gasteiger partial charge < -0.3 is 10.1 Å². The molecule has 1 heterocycles. The molecule has 0 saturated carbocycles. The monoisotopic (exact) mass is 214 g/mol. The maximum atomic E-state index is 10.6. The van der Waals surface area contributed by atoms with Crippen molar-refractivity contribution in [3.05, 3.63) is 58.1 Å². The van der Waals surface area contributed by atoms with Crippen LogP contribution in [0, 0.1) is 17.0 Å². The number of hydrogen-bond donors (Lipinski definition) is 0. The number of benzene rings is 1. The van der Waals surface area contributed by atoms with Gasteiger partial charge in [0.1, 0.15) is 0 Å². The van der Waals surface area contributed by atoms with Crippen molar-refractivity contribution in [2.75, 3.05) is 0 Å². The fraction of sp³-hybridized carbons (Fsp3) is 0.0833. The first-order valence-corrected chi connectivity index (χ1v) is 4.86. The van der Waals surface area contributed by atoms with Gasteiger partial charge in [-0.3, -0.25) is 0 Å². The minimum Gasteiger partial charge on any atom is -0.358 e. The van der Waals surface area contributed by atoms with Gasteiger partial charge in [0.15, 0.2) is 5.69 Å². The molecule has 1 aromatic carbocycles. The van der Waals surface area contributed by atoms with Crippen molar-refractivity contribution in [3.63, 3.8) is 0 Å². The van der Waals surface area contributed by atoms with Crippen molar-refractivity contribution in [1.29, 1.82) is 0 Å². The summed E-state index contributed by atoms with van der Waals surface area (Å²) in [5.41, 5.74) is 2.48. The summed E-state index contributed by atoms with van der Waals surface area (Å²) in [5, 5.41) is 10.6. The van der Waals surface area contributed by atoms with Crippen molar-refractivity contribution in [2.45, 2.75) is 6.92 Å². The van der Waals surface area contributed by atoms with Crippen molar-refractivity contribution >= 4 is 5.82 Å². The number of hydrogen-bond acceptors (Lipinski definition) is 3. The SMILES string of the molecule is Cc1ccc([N+](=O)[O-])nc1-c1ccccc1. The van der Waals surface area contributed by atoms with Crippen LogP contribution in [0.2, 0.25) is 0 Å². The van der Waals surface area contributed by atoms with E-state index in [0.717, 1.165) is 11.1 Å². The van der Waals surface area contributed by atoms with Gasteiger partial charge in [0.05, 0.1) is 0 Å². The van der Waals surface area contributed by atoms with Crippen LogP contribution in [0.4, 0.5) is 5.82 Å². The lowest BCUT2D eigenvalue weighted by Gasteiger charge is -2.00. The third kappa shape index (κ3) is 1.91. The van der Waals surface area contributed by atoms with E-state index in [1.54, 1.807) is 6.07 Å². The topological polar surface area (TPSA) is 56.0 Å². The standard InChI is InChI=1S/C12H10N2O2/c1-9-7-8-11(14(15)16)13-12(9)10-5-3-2-4-6-10/h2-8H,1H3. The van der Waals surface area contributed by atoms with E-state index < -0.39 is 4.92 Å². The van der Waals surface area contributed by atoms with Gasteiger partial charge in [-0.2, -0.15) is 0 Å². The van der Waals surface area contributed by atoms with Gasteiger partial charge in [-0.25, -0.2) is 0 Å². The second-order valence-electron chi connectivity index (χ2n) is 3.46. The van der Waals surface area contributed by atoms with Gasteiger partial charge in [-0.05, 0) is 22.9 Å². The van der Waals surface area contributed by atoms with Crippen molar-refractivity contribution in [2.24, 2.45) is 0 Å². The Bertz CT molecular complexity index is 524. The molecule has 0 bridgehead atoms. The fourth-order valence-corrected chi connectivity index (χ4v) is 1.51. The van der Waals surface area contributed by atoms with E-state index in [4.69, 9.17) is 0 Å². The number of nitro groups is 1. The maximum Gasteiger partial charge on any atom is 0.364 e. The van der Waals surface area contributed by atoms with E-state index in [2.05, 4.69) is 4.98 Å². The molecule has 0 aliphatic heterocycles. The Hall–Kier alpha value is -2.23. The average Bonchev–Trinajstić information content (AvgIpc) is 2.30. The van der Waals surface area contributed by atoms with E-state index in [0.29, 0.717) is 5.69 Å². The first-order chi connectivity index (χ1) is 7.68. The van der Waals surface area contributed by atoms with E-state index in [1.807, 2.05) is 37.3 Å². The molecule has 0 atom stereocenters. The summed E-state index contributed by atoms with van der Waals surface area (Å²) >= 11 is 0. The van der Waals surface area contributed by atoms with E-state index in [-0.39, 0.29) is 5.82 Å². The van der Waals surface area contributed by atoms with Crippen LogP contribution in [0.15, 0.2) is 42.5 Å². The molecule has 0 unspecified atom stereocenters. The molecule has 0 spiro atoms. The smallest absolute Gasteiger partial charge is 0.358 e. The van der Waals surface area contributed by atoms with Gasteiger partial charge in [0.2, 0.25) is 0 Å². The molecule has 0 amide bonds. The van der Waals surface area contributed by atoms with Crippen LogP contribution >= 0.6 is 0 Å². The lowest BCUT2D eigenvalue weighted by molar-refractivity contribution is -0.389. The molecule has 0 aliphatic rings. The molecule has 16 heavy (non-hydrogen) atoms. The van der Waals surface area contributed by atoms with E-state index in [1.165, 1.54) is 6.07 Å². The number of pyridine rings is 1. The zero-order valence-electron chi connectivity index (χ0n) is 8.75. The Morgan fingerprint density at radius 2 is 1.81 bits per heavy atom. The lowest BCUT2D eigenvalue weighted by atomic mass is 10.1. The molecule has 2 aromatic rings. The van der Waals surface area contributed by atoms with Crippen LogP contribution in [0.3, 0.4) is 0 Å². The zero-order valence-corrected chi connectivity index (χ0v) is 8.75. The third-order valence-electron chi connectivity index (χ3n) is 2.32. The average molecular weight is 214 g/mol. The summed E-state index contributed by atoms with van der Waals surface area (Å²) in [6, 6.07) is 12.6. The highest BCUT2D eigenvalue weighted by atomic mass is 16.6. The lowest BCUT2D eigenvalue weighted by Crippen LogP contribution is -1.95. The van der Waals surface area contributed by atoms with Crippen molar-refractivity contribution in [3.8, 4) is 11.3 Å². The van der Waals surface area contributed by atoms with Crippen LogP contribution in [0.1, 0.15) is 5.56 Å². The highest BCUT2D eigenvalue weighted by Gasteiger charge is 2.14. The molecule has 0 radical (unpaired) electrons. The van der Waals surface area contributed by atoms with Gasteiger partial charge >= 0.3 is 5.82 Å². The molecular formula is C12H10N2O2. The van der Waals surface area contributed by atoms with E-state index >= 15 is 0 Å². The summed E-state index contributed by atoms with van der Waals surface area (Å²) in [6.07, 6.45) is 0. The number of nitrogens with zero attached hydrogens (tertiary/aromatic N) is 2. The minimum atomic E-state index is -0.480. The van der Waals surface area contributed by atoms with Gasteiger partial charge in [-0.1, -0.05) is 30.3 Å². The summed E-state index contributed by atoms with van der Waals surface area (Å²) in [4.78, 5) is 14.2. The Morgan fingerprint density at radius 1 is 1.12 bits per heavy atom. The molecule has 4 nitrogen and oxygen atoms in total. The van der Waals surface area contributed by atoms with E-state index in [9.17, 15) is 10.1 Å². The van der Waals surface area contributed by atoms with Gasteiger partial charge in [-0.15, -0.1) is 0 Å². The first kappa shape index (κ1) is 10.3. The largest absolute Gasteiger partial charge is 0.364 e. The summed E-state index contributed by atoms with van der Waals surface area (Å²) in [7, 11) is 0. The van der Waals surface area contributed by atoms with Crippen molar-refractivity contribution < 1.29 is 4.92 Å². The Morgan fingerprint density at radius 3 is 2.44 bits per heavy atom. The second-order valence-corrected chi connectivity index (χ2v) is 3.46. The third-order valence-corrected chi connectivity index (χ3v) is 2.32. The Labute approximate surface area is 92.7 Å². The Kier molecular flexibility index (Phi) is 2.64. The van der Waals surface area contributed by atoms with Gasteiger partial charge in [0.25, 0.3) is 0 Å². The number of rotatable bonds is 2. The molecule has 2 rings (SSSR count). The summed E-state index contributed by atoms with van der Waals surface area (Å²) in [5.74, 6) is -0.121. The van der Waals surface area contributed by atoms with Gasteiger partial charge in [0, 0.05) is 17.2 Å². The molecule has 0 aliphatic carbocycles.